The highest BCUT2D eigenvalue weighted by Crippen LogP contribution is 2.59. The van der Waals surface area contributed by atoms with Crippen LogP contribution in [-0.4, -0.2) is 11.8 Å². The monoisotopic (exact) mass is 552 g/mol. The largest absolute Gasteiger partial charge is 0.398 e. The molecule has 0 saturated heterocycles. The van der Waals surface area contributed by atoms with Gasteiger partial charge in [0, 0.05) is 22.5 Å². The summed E-state index contributed by atoms with van der Waals surface area (Å²) in [6, 6.07) is 2.40. The van der Waals surface area contributed by atoms with Crippen molar-refractivity contribution in [2.24, 2.45) is 0 Å². The Morgan fingerprint density at radius 3 is 1.11 bits per heavy atom. The lowest BCUT2D eigenvalue weighted by atomic mass is 9.84. The van der Waals surface area contributed by atoms with Gasteiger partial charge in [-0.1, -0.05) is 41.5 Å². The lowest BCUT2D eigenvalue weighted by Crippen LogP contribution is -2.59. The van der Waals surface area contributed by atoms with Crippen molar-refractivity contribution in [2.75, 3.05) is 11.5 Å². The average Bonchev–Trinajstić information content (AvgIpc) is 2.87. The van der Waals surface area contributed by atoms with Gasteiger partial charge in [-0.25, -0.2) is 0 Å². The minimum atomic E-state index is -6.47. The summed E-state index contributed by atoms with van der Waals surface area (Å²) < 4.78 is 122. The molecule has 0 bridgehead atoms. The van der Waals surface area contributed by atoms with E-state index in [1.807, 2.05) is 0 Å². The van der Waals surface area contributed by atoms with Crippen LogP contribution in [0.1, 0.15) is 99.6 Å². The number of hydrogen-bond acceptors (Lipinski definition) is 2. The second-order valence-corrected chi connectivity index (χ2v) is 9.90. The third-order valence-electron chi connectivity index (χ3n) is 7.55. The number of nitrogen functional groups attached to an aromatic ring is 2. The summed E-state index contributed by atoms with van der Waals surface area (Å²) in [6.07, 6.45) is 0.868. The number of alkyl halides is 8. The molecule has 10 heteroatoms. The molecular formula is C28H36F8N2. The van der Waals surface area contributed by atoms with Crippen LogP contribution in [0.25, 0.3) is 0 Å². The zero-order chi connectivity index (χ0) is 29.4. The Balaban J connectivity index is 2.76. The summed E-state index contributed by atoms with van der Waals surface area (Å²) in [5.74, 6) is -25.2. The second-order valence-electron chi connectivity index (χ2n) is 9.90. The van der Waals surface area contributed by atoms with Crippen molar-refractivity contribution < 1.29 is 35.1 Å². The van der Waals surface area contributed by atoms with E-state index in [-0.39, 0.29) is 46.5 Å². The summed E-state index contributed by atoms with van der Waals surface area (Å²) in [7, 11) is 0. The van der Waals surface area contributed by atoms with Crippen molar-refractivity contribution in [3.63, 3.8) is 0 Å². The van der Waals surface area contributed by atoms with Crippen LogP contribution in [0.15, 0.2) is 24.3 Å². The molecule has 0 heterocycles. The van der Waals surface area contributed by atoms with Gasteiger partial charge in [-0.15, -0.1) is 0 Å². The van der Waals surface area contributed by atoms with Crippen molar-refractivity contribution >= 4 is 11.4 Å². The summed E-state index contributed by atoms with van der Waals surface area (Å²) in [5.41, 5.74) is 9.37. The Morgan fingerprint density at radius 2 is 0.868 bits per heavy atom. The Bertz CT molecular complexity index is 1050. The molecular weight excluding hydrogens is 516 g/mol. The van der Waals surface area contributed by atoms with Crippen molar-refractivity contribution in [1.29, 1.82) is 0 Å². The standard InChI is InChI=1S/C28H36F8N2/c1-7-15(5)21-13-19(11-17(9-3)23(21)37)25(29,30)27(33,34)28(35,36)26(31,32)20-12-18(10-4)24(38)22(14-20)16(6)8-2/h11-16H,7-10,37-38H2,1-6H3. The van der Waals surface area contributed by atoms with Crippen LogP contribution < -0.4 is 11.5 Å². The number of nitrogens with two attached hydrogens (primary N) is 2. The van der Waals surface area contributed by atoms with E-state index in [0.717, 1.165) is 0 Å². The molecule has 214 valence electrons. The van der Waals surface area contributed by atoms with E-state index in [0.29, 0.717) is 37.1 Å². The molecule has 2 unspecified atom stereocenters. The van der Waals surface area contributed by atoms with Gasteiger partial charge in [-0.05, 0) is 84.0 Å². The highest BCUT2D eigenvalue weighted by Gasteiger charge is 2.81. The van der Waals surface area contributed by atoms with Crippen LogP contribution >= 0.6 is 0 Å². The molecule has 2 aromatic rings. The molecule has 0 aliphatic heterocycles. The fourth-order valence-electron chi connectivity index (χ4n) is 4.44. The van der Waals surface area contributed by atoms with Crippen molar-refractivity contribution in [1.82, 2.24) is 0 Å². The molecule has 38 heavy (non-hydrogen) atoms. The van der Waals surface area contributed by atoms with Crippen LogP contribution in [0.5, 0.6) is 0 Å². The van der Waals surface area contributed by atoms with Gasteiger partial charge in [-0.2, -0.15) is 35.1 Å². The summed E-state index contributed by atoms with van der Waals surface area (Å²) in [6.45, 7) is 9.67. The molecule has 0 aliphatic carbocycles. The maximum Gasteiger partial charge on any atom is 0.382 e. The first-order valence-electron chi connectivity index (χ1n) is 12.7. The van der Waals surface area contributed by atoms with E-state index in [1.165, 1.54) is 13.8 Å². The SMILES string of the molecule is CCc1cc(C(F)(F)C(F)(F)C(F)(F)C(F)(F)c2cc(CC)c(N)c(C(C)CC)c2)cc(C(C)CC)c1N. The molecule has 2 atom stereocenters. The Hall–Kier alpha value is -2.52. The van der Waals surface area contributed by atoms with E-state index in [2.05, 4.69) is 0 Å². The van der Waals surface area contributed by atoms with E-state index >= 15 is 35.1 Å². The quantitative estimate of drug-likeness (QED) is 0.216. The maximum absolute atomic E-state index is 15.3. The van der Waals surface area contributed by atoms with E-state index in [9.17, 15) is 0 Å². The minimum Gasteiger partial charge on any atom is -0.398 e. The number of halogens is 8. The lowest BCUT2D eigenvalue weighted by Gasteiger charge is -2.38. The predicted octanol–water partition coefficient (Wildman–Crippen LogP) is 9.16. The Kier molecular flexibility index (Phi) is 9.11. The highest BCUT2D eigenvalue weighted by molar-refractivity contribution is 5.59. The van der Waals surface area contributed by atoms with Gasteiger partial charge in [0.1, 0.15) is 0 Å². The van der Waals surface area contributed by atoms with Gasteiger partial charge in [0.05, 0.1) is 0 Å². The third-order valence-corrected chi connectivity index (χ3v) is 7.55. The van der Waals surface area contributed by atoms with Crippen LogP contribution in [0.4, 0.5) is 46.5 Å². The van der Waals surface area contributed by atoms with Gasteiger partial charge in [-0.3, -0.25) is 0 Å². The summed E-state index contributed by atoms with van der Waals surface area (Å²) >= 11 is 0. The molecule has 0 saturated carbocycles. The Morgan fingerprint density at radius 1 is 0.579 bits per heavy atom. The van der Waals surface area contributed by atoms with Gasteiger partial charge in [0.15, 0.2) is 0 Å². The van der Waals surface area contributed by atoms with Crippen LogP contribution in [0.2, 0.25) is 0 Å². The van der Waals surface area contributed by atoms with Crippen molar-refractivity contribution in [3.8, 4) is 0 Å². The summed E-state index contributed by atoms with van der Waals surface area (Å²) in [4.78, 5) is 0. The zero-order valence-corrected chi connectivity index (χ0v) is 22.5. The van der Waals surface area contributed by atoms with Crippen molar-refractivity contribution in [3.05, 3.63) is 57.6 Å². The maximum atomic E-state index is 15.3. The first-order chi connectivity index (χ1) is 17.4. The average molecular weight is 553 g/mol. The van der Waals surface area contributed by atoms with Crippen LogP contribution in [0.3, 0.4) is 0 Å². The number of rotatable bonds is 11. The molecule has 0 amide bonds. The van der Waals surface area contributed by atoms with E-state index in [1.54, 1.807) is 27.7 Å². The van der Waals surface area contributed by atoms with E-state index < -0.39 is 46.7 Å². The fourth-order valence-corrected chi connectivity index (χ4v) is 4.44. The second kappa shape index (κ2) is 10.9. The molecule has 0 aromatic heterocycles. The summed E-state index contributed by atoms with van der Waals surface area (Å²) in [5, 5.41) is 0. The molecule has 0 aliphatic rings. The van der Waals surface area contributed by atoms with Gasteiger partial charge in [0.25, 0.3) is 0 Å². The number of aryl methyl sites for hydroxylation is 2. The van der Waals surface area contributed by atoms with E-state index in [4.69, 9.17) is 11.5 Å². The number of benzene rings is 2. The molecule has 2 nitrogen and oxygen atoms in total. The molecule has 2 rings (SSSR count). The molecule has 0 fully saturated rings. The van der Waals surface area contributed by atoms with Crippen molar-refractivity contribution in [2.45, 2.75) is 103 Å². The fraction of sp³-hybridized carbons (Fsp3) is 0.571. The normalized spacial score (nSPS) is 15.0. The zero-order valence-electron chi connectivity index (χ0n) is 22.5. The van der Waals surface area contributed by atoms with Gasteiger partial charge in [0.2, 0.25) is 0 Å². The first kappa shape index (κ1) is 31.7. The number of hydrogen-bond donors (Lipinski definition) is 2. The molecule has 4 N–H and O–H groups in total. The lowest BCUT2D eigenvalue weighted by molar-refractivity contribution is -0.374. The molecule has 2 aromatic carbocycles. The van der Waals surface area contributed by atoms with Crippen LogP contribution in [0, 0.1) is 0 Å². The topological polar surface area (TPSA) is 52.0 Å². The van der Waals surface area contributed by atoms with Gasteiger partial charge >= 0.3 is 23.7 Å². The molecule has 0 radical (unpaired) electrons. The predicted molar refractivity (Wildman–Crippen MR) is 136 cm³/mol. The third kappa shape index (κ3) is 4.95. The number of anilines is 2. The first-order valence-corrected chi connectivity index (χ1v) is 12.7. The minimum absolute atomic E-state index is 0.0349. The van der Waals surface area contributed by atoms with Gasteiger partial charge < -0.3 is 11.5 Å². The Labute approximate surface area is 218 Å². The highest BCUT2D eigenvalue weighted by atomic mass is 19.4. The van der Waals surface area contributed by atoms with Crippen LogP contribution in [-0.2, 0) is 24.7 Å². The molecule has 0 spiro atoms. The smallest absolute Gasteiger partial charge is 0.382 e.